The van der Waals surface area contributed by atoms with Crippen LogP contribution >= 0.6 is 11.6 Å². The van der Waals surface area contributed by atoms with Crippen LogP contribution in [0.3, 0.4) is 0 Å². The molecular weight excluding hydrogens is 952 g/mol. The Hall–Kier alpha value is -5.48. The lowest BCUT2D eigenvalue weighted by Crippen LogP contribution is -2.56. The number of hydrogen-bond acceptors (Lipinski definition) is 16. The summed E-state index contributed by atoms with van der Waals surface area (Å²) >= 11 is 6.37. The molecule has 0 radical (unpaired) electrons. The third-order valence-electron chi connectivity index (χ3n) is 13.9. The number of piperazine rings is 1. The Morgan fingerprint density at radius 2 is 1.79 bits per heavy atom. The van der Waals surface area contributed by atoms with E-state index in [1.165, 1.54) is 23.3 Å². The van der Waals surface area contributed by atoms with Gasteiger partial charge in [0.05, 0.1) is 78.8 Å². The van der Waals surface area contributed by atoms with E-state index in [1.807, 2.05) is 41.3 Å². The number of sulfonamides is 1. The number of nitrogens with one attached hydrogen (secondary N) is 3. The van der Waals surface area contributed by atoms with Crippen LogP contribution in [-0.2, 0) is 29.0 Å². The van der Waals surface area contributed by atoms with Crippen molar-refractivity contribution >= 4 is 72.6 Å². The molecule has 6 heterocycles. The van der Waals surface area contributed by atoms with Crippen LogP contribution in [0.15, 0.2) is 89.5 Å². The van der Waals surface area contributed by atoms with Gasteiger partial charge in [-0.2, -0.15) is 4.98 Å². The lowest BCUT2D eigenvalue weighted by Gasteiger charge is -2.45. The second-order valence-electron chi connectivity index (χ2n) is 19.5. The summed E-state index contributed by atoms with van der Waals surface area (Å²) in [5.41, 5.74) is 6.27. The standard InChI is InChI=1S/C51H60ClN8O10S/c1-51(2)26-41(33-5-7-35(52)8-6-33)42-30-58-17-16-57(29-37(58)31-66-18-4-20-69-47(42)27-51)36-9-11-40(44(24-36)59-15-3-19-70-50-46(59)23-34-13-14-53-48(34)55-50)49(61)56-71(64,65)39-10-12-43(45(25-39)60(62)63)54-28-38-32-67-21-22-68-38/h5-14,23-25,37-38,47,54,62H,3-4,15-22,26-32H2,1-2H3,(H,53,55)(H,56,61)/q-1/t37?,38?,47-/m1/s1. The first kappa shape index (κ1) is 49.1. The van der Waals surface area contributed by atoms with Gasteiger partial charge in [0.15, 0.2) is 0 Å². The summed E-state index contributed by atoms with van der Waals surface area (Å²) in [5, 5.41) is 26.6. The highest BCUT2D eigenvalue weighted by Crippen LogP contribution is 2.46. The van der Waals surface area contributed by atoms with E-state index in [2.05, 4.69) is 50.8 Å². The van der Waals surface area contributed by atoms with Crippen LogP contribution < -0.4 is 29.8 Å². The van der Waals surface area contributed by atoms with E-state index in [1.54, 1.807) is 12.3 Å². The van der Waals surface area contributed by atoms with Gasteiger partial charge >= 0.3 is 0 Å². The SMILES string of the molecule is CC1(C)CC(c2ccc(Cl)cc2)=C2CN3CCN(c4ccc(C(=O)NS(=O)(=O)c5ccc(NCC6COCCO6)c(N([O-])O)c5)c(N5CCCOc6nc7[nH]ccc7cc65)c4)CC3COCCCO[C@@H]2C1. The molecule has 18 nitrogen and oxygen atoms in total. The van der Waals surface area contributed by atoms with E-state index in [0.717, 1.165) is 55.1 Å². The Morgan fingerprint density at radius 3 is 2.61 bits per heavy atom. The summed E-state index contributed by atoms with van der Waals surface area (Å²) < 4.78 is 60.8. The summed E-state index contributed by atoms with van der Waals surface area (Å²) in [5.74, 6) is -0.519. The summed E-state index contributed by atoms with van der Waals surface area (Å²) in [6.07, 6.45) is 4.64. The summed E-state index contributed by atoms with van der Waals surface area (Å²) in [4.78, 5) is 28.9. The lowest BCUT2D eigenvalue weighted by molar-refractivity contribution is -0.0818. The fourth-order valence-electron chi connectivity index (χ4n) is 10.3. The topological polar surface area (TPSA) is 206 Å². The zero-order valence-corrected chi connectivity index (χ0v) is 41.5. The van der Waals surface area contributed by atoms with Crippen molar-refractivity contribution in [2.24, 2.45) is 5.41 Å². The lowest BCUT2D eigenvalue weighted by atomic mass is 9.71. The maximum atomic E-state index is 14.6. The Morgan fingerprint density at radius 1 is 0.944 bits per heavy atom. The monoisotopic (exact) mass is 1010 g/mol. The number of rotatable bonds is 10. The van der Waals surface area contributed by atoms with Crippen molar-refractivity contribution in [1.82, 2.24) is 19.6 Å². The van der Waals surface area contributed by atoms with Gasteiger partial charge in [-0.15, -0.1) is 0 Å². The number of anilines is 5. The van der Waals surface area contributed by atoms with Crippen LogP contribution in [0, 0.1) is 10.6 Å². The van der Waals surface area contributed by atoms with Gasteiger partial charge in [-0.1, -0.05) is 37.6 Å². The molecule has 4 N–H and O–H groups in total. The summed E-state index contributed by atoms with van der Waals surface area (Å²) in [6, 6.07) is 21.1. The van der Waals surface area contributed by atoms with Crippen molar-refractivity contribution in [1.29, 1.82) is 0 Å². The number of hydrogen-bond donors (Lipinski definition) is 4. The number of carbonyl (C=O) groups is 1. The number of aromatic nitrogens is 2. The van der Waals surface area contributed by atoms with Gasteiger partial charge < -0.3 is 54.2 Å². The smallest absolute Gasteiger partial charge is 0.267 e. The first-order valence-electron chi connectivity index (χ1n) is 24.3. The number of nitrogens with zero attached hydrogens (tertiary/aromatic N) is 5. The average Bonchev–Trinajstić information content (AvgIpc) is 3.71. The number of aromatic amines is 1. The fraction of sp³-hybridized carbons (Fsp3) is 0.451. The molecule has 20 heteroatoms. The minimum absolute atomic E-state index is 0.0106. The molecule has 71 heavy (non-hydrogen) atoms. The van der Waals surface area contributed by atoms with Crippen molar-refractivity contribution in [3.63, 3.8) is 0 Å². The minimum Gasteiger partial charge on any atom is -0.733 e. The van der Waals surface area contributed by atoms with E-state index in [0.29, 0.717) is 100 Å². The number of carbonyl (C=O) groups excluding carboxylic acids is 1. The second-order valence-corrected chi connectivity index (χ2v) is 21.7. The molecule has 10 rings (SSSR count). The average molecular weight is 1010 g/mol. The Kier molecular flexibility index (Phi) is 14.5. The van der Waals surface area contributed by atoms with E-state index in [4.69, 9.17) is 40.3 Å². The molecule has 2 aromatic heterocycles. The van der Waals surface area contributed by atoms with Gasteiger partial charge in [0.2, 0.25) is 5.88 Å². The molecule has 3 saturated heterocycles. The first-order chi connectivity index (χ1) is 34.3. The van der Waals surface area contributed by atoms with E-state index >= 15 is 0 Å². The van der Waals surface area contributed by atoms with Crippen molar-refractivity contribution in [2.75, 3.05) is 106 Å². The molecule has 3 aromatic carbocycles. The van der Waals surface area contributed by atoms with Crippen LogP contribution in [0.4, 0.5) is 28.4 Å². The third kappa shape index (κ3) is 11.0. The van der Waals surface area contributed by atoms with Crippen LogP contribution in [0.1, 0.15) is 55.5 Å². The quantitative estimate of drug-likeness (QED) is 0.101. The normalized spacial score (nSPS) is 22.3. The van der Waals surface area contributed by atoms with Gasteiger partial charge in [0.25, 0.3) is 15.9 Å². The van der Waals surface area contributed by atoms with Crippen molar-refractivity contribution < 1.29 is 42.1 Å². The number of fused-ring (bicyclic) bond motifs is 4. The van der Waals surface area contributed by atoms with Crippen LogP contribution in [0.2, 0.25) is 5.02 Å². The van der Waals surface area contributed by atoms with Crippen molar-refractivity contribution in [2.45, 2.75) is 62.7 Å². The number of allylic oxidation sites excluding steroid dienone is 1. The highest BCUT2D eigenvalue weighted by atomic mass is 35.5. The zero-order chi connectivity index (χ0) is 49.3. The van der Waals surface area contributed by atoms with Crippen LogP contribution in [-0.4, -0.2) is 138 Å². The highest BCUT2D eigenvalue weighted by molar-refractivity contribution is 7.90. The number of benzene rings is 3. The summed E-state index contributed by atoms with van der Waals surface area (Å²) in [6.45, 7) is 11.3. The Balaban J connectivity index is 0.967. The maximum absolute atomic E-state index is 14.6. The molecule has 3 fully saturated rings. The maximum Gasteiger partial charge on any atom is 0.267 e. The predicted octanol–water partition coefficient (Wildman–Crippen LogP) is 7.35. The van der Waals surface area contributed by atoms with Crippen molar-refractivity contribution in [3.05, 3.63) is 106 Å². The van der Waals surface area contributed by atoms with E-state index < -0.39 is 26.1 Å². The molecule has 3 atom stereocenters. The molecular formula is C51H60ClN8O10S-. The third-order valence-corrected chi connectivity index (χ3v) is 15.5. The number of H-pyrrole nitrogens is 1. The van der Waals surface area contributed by atoms with Gasteiger partial charge in [-0.05, 0) is 108 Å². The molecule has 2 unspecified atom stereocenters. The highest BCUT2D eigenvalue weighted by Gasteiger charge is 2.39. The van der Waals surface area contributed by atoms with Gasteiger partial charge in [-0.3, -0.25) is 14.9 Å². The Bertz CT molecular complexity index is 2870. The fourth-order valence-corrected chi connectivity index (χ4v) is 11.5. The largest absolute Gasteiger partial charge is 0.733 e. The molecule has 378 valence electrons. The molecule has 0 saturated carbocycles. The van der Waals surface area contributed by atoms with Gasteiger partial charge in [0, 0.05) is 74.8 Å². The second kappa shape index (κ2) is 20.9. The number of ether oxygens (including phenoxy) is 5. The minimum atomic E-state index is -4.61. The predicted molar refractivity (Wildman–Crippen MR) is 272 cm³/mol. The molecule has 4 aliphatic heterocycles. The summed E-state index contributed by atoms with van der Waals surface area (Å²) in [7, 11) is -4.61. The number of halogens is 1. The van der Waals surface area contributed by atoms with E-state index in [9.17, 15) is 23.6 Å². The molecule has 0 spiro atoms. The van der Waals surface area contributed by atoms with Crippen molar-refractivity contribution in [3.8, 4) is 5.88 Å². The molecule has 5 aliphatic rings. The van der Waals surface area contributed by atoms with Gasteiger partial charge in [0.1, 0.15) is 11.3 Å². The number of pyridine rings is 1. The van der Waals surface area contributed by atoms with Crippen LogP contribution in [0.25, 0.3) is 16.6 Å². The first-order valence-corrected chi connectivity index (χ1v) is 26.1. The molecule has 5 aromatic rings. The number of amides is 1. The molecule has 0 bridgehead atoms. The molecule has 1 amide bonds. The van der Waals surface area contributed by atoms with Crippen LogP contribution in [0.5, 0.6) is 5.88 Å². The van der Waals surface area contributed by atoms with Gasteiger partial charge in [-0.25, -0.2) is 13.1 Å². The molecule has 1 aliphatic carbocycles. The zero-order valence-electron chi connectivity index (χ0n) is 39.9. The van der Waals surface area contributed by atoms with E-state index in [-0.39, 0.29) is 47.1 Å². The Labute approximate surface area is 418 Å².